The molecule has 2 nitrogen and oxygen atoms in total. The Kier molecular flexibility index (Phi) is 16.7. The monoisotopic (exact) mass is 226 g/mol. The first-order valence-electron chi connectivity index (χ1n) is 1.51. The van der Waals surface area contributed by atoms with E-state index in [9.17, 15) is 0 Å². The summed E-state index contributed by atoms with van der Waals surface area (Å²) in [6.07, 6.45) is 0. The van der Waals surface area contributed by atoms with E-state index in [0.29, 0.717) is 0 Å². The second kappa shape index (κ2) is 11.1. The summed E-state index contributed by atoms with van der Waals surface area (Å²) in [5.74, 6) is 0. The van der Waals surface area contributed by atoms with E-state index >= 15 is 0 Å². The third-order valence-corrected chi connectivity index (χ3v) is 0.1000. The molecular formula is C2H6Cl3CoO2. The molecule has 0 aliphatic rings. The van der Waals surface area contributed by atoms with Gasteiger partial charge in [0, 0.05) is 0 Å². The Hall–Kier alpha value is 1.30. The van der Waals surface area contributed by atoms with Crippen LogP contribution < -0.4 is 0 Å². The average Bonchev–Trinajstić information content (AvgIpc) is 1.65. The van der Waals surface area contributed by atoms with Crippen molar-refractivity contribution in [3.63, 3.8) is 0 Å². The molecule has 2 N–H and O–H groups in total. The van der Waals surface area contributed by atoms with Crippen LogP contribution in [0.15, 0.2) is 0 Å². The van der Waals surface area contributed by atoms with Gasteiger partial charge in [-0.3, -0.25) is 0 Å². The van der Waals surface area contributed by atoms with Crippen LogP contribution in [0.1, 0.15) is 0 Å². The maximum atomic E-state index is 7.62. The average molecular weight is 227 g/mol. The van der Waals surface area contributed by atoms with Crippen LogP contribution in [0, 0.1) is 0 Å². The Bertz CT molecular complexity index is 31.7. The fourth-order valence-corrected chi connectivity index (χ4v) is 0. The van der Waals surface area contributed by atoms with E-state index in [0.717, 1.165) is 0 Å². The van der Waals surface area contributed by atoms with Crippen LogP contribution in [0.2, 0.25) is 0 Å². The molecule has 0 saturated carbocycles. The van der Waals surface area contributed by atoms with Crippen LogP contribution in [0.25, 0.3) is 0 Å². The fraction of sp³-hybridized carbons (Fsp3) is 1.00. The first kappa shape index (κ1) is 12.0. The molecule has 0 spiro atoms. The number of rotatable bonds is 1. The summed E-state index contributed by atoms with van der Waals surface area (Å²) in [6.45, 7) is -0.250. The van der Waals surface area contributed by atoms with E-state index in [2.05, 4.69) is 0 Å². The van der Waals surface area contributed by atoms with Gasteiger partial charge in [-0.25, -0.2) is 0 Å². The third kappa shape index (κ3) is 54.9. The van der Waals surface area contributed by atoms with Crippen molar-refractivity contribution in [3.8, 4) is 0 Å². The molecular weight excluding hydrogens is 221 g/mol. The molecule has 0 bridgehead atoms. The topological polar surface area (TPSA) is 40.5 Å². The van der Waals surface area contributed by atoms with Gasteiger partial charge in [0.25, 0.3) is 0 Å². The quantitative estimate of drug-likeness (QED) is 0.702. The third-order valence-electron chi connectivity index (χ3n) is 0.1000. The number of hydrogen-bond donors (Lipinski definition) is 2. The zero-order valence-electron chi connectivity index (χ0n) is 3.78. The van der Waals surface area contributed by atoms with Crippen molar-refractivity contribution in [1.82, 2.24) is 0 Å². The van der Waals surface area contributed by atoms with Gasteiger partial charge >= 0.3 is 41.4 Å². The van der Waals surface area contributed by atoms with Crippen molar-refractivity contribution in [3.05, 3.63) is 0 Å². The van der Waals surface area contributed by atoms with Gasteiger partial charge in [-0.2, -0.15) is 0 Å². The minimum atomic E-state index is -1.19. The molecule has 6 heteroatoms. The molecule has 0 aliphatic carbocycles. The first-order valence-corrected chi connectivity index (χ1v) is 5.81. The standard InChI is InChI=1S/C2H6O2.3ClH.Co/c3-1-2-4;;;;/h3-4H,1-2H2;3*1H;/q;;;;+3/p-3. The molecule has 0 aromatic heterocycles. The predicted molar refractivity (Wildman–Crippen MR) is 31.7 cm³/mol. The molecule has 0 aliphatic heterocycles. The molecule has 8 heavy (non-hydrogen) atoms. The van der Waals surface area contributed by atoms with Crippen LogP contribution in [-0.2, 0) is 10.9 Å². The fourth-order valence-electron chi connectivity index (χ4n) is 0. The van der Waals surface area contributed by atoms with E-state index in [-0.39, 0.29) is 13.2 Å². The SMILES string of the molecule is OCCO.[Cl][Co]([Cl])[Cl]. The number of halogens is 3. The van der Waals surface area contributed by atoms with Crippen LogP contribution in [0.4, 0.5) is 0 Å². The molecule has 0 rings (SSSR count). The Morgan fingerprint density at radius 3 is 1.12 bits per heavy atom. The summed E-state index contributed by atoms with van der Waals surface area (Å²) in [5, 5.41) is 15.2. The van der Waals surface area contributed by atoms with Crippen molar-refractivity contribution >= 4 is 30.4 Å². The van der Waals surface area contributed by atoms with E-state index in [4.69, 9.17) is 40.7 Å². The van der Waals surface area contributed by atoms with Crippen LogP contribution in [0.3, 0.4) is 0 Å². The second-order valence-electron chi connectivity index (χ2n) is 0.590. The molecule has 0 fully saturated rings. The van der Waals surface area contributed by atoms with E-state index in [1.807, 2.05) is 0 Å². The Morgan fingerprint density at radius 1 is 1.00 bits per heavy atom. The van der Waals surface area contributed by atoms with Gasteiger partial charge in [0.15, 0.2) is 0 Å². The predicted octanol–water partition coefficient (Wildman–Crippen LogP) is 1.04. The van der Waals surface area contributed by atoms with E-state index in [1.54, 1.807) is 0 Å². The van der Waals surface area contributed by atoms with Crippen molar-refractivity contribution in [2.75, 3.05) is 13.2 Å². The summed E-state index contributed by atoms with van der Waals surface area (Å²) < 4.78 is 0. The van der Waals surface area contributed by atoms with Crippen molar-refractivity contribution < 1.29 is 21.2 Å². The van der Waals surface area contributed by atoms with Crippen LogP contribution in [-0.4, -0.2) is 23.4 Å². The minimum absolute atomic E-state index is 0.125. The molecule has 0 unspecified atom stereocenters. The molecule has 0 atom stereocenters. The summed E-state index contributed by atoms with van der Waals surface area (Å²) in [6, 6.07) is 0. The zero-order valence-corrected chi connectivity index (χ0v) is 7.08. The van der Waals surface area contributed by atoms with Gasteiger partial charge < -0.3 is 10.2 Å². The van der Waals surface area contributed by atoms with Crippen LogP contribution >= 0.6 is 30.4 Å². The molecule has 56 valence electrons. The van der Waals surface area contributed by atoms with Crippen molar-refractivity contribution in [2.24, 2.45) is 0 Å². The van der Waals surface area contributed by atoms with Gasteiger partial charge in [-0.15, -0.1) is 0 Å². The molecule has 0 amide bonds. The normalized spacial score (nSPS) is 9.38. The Labute approximate surface area is 64.9 Å². The number of aliphatic hydroxyl groups excluding tert-OH is 2. The van der Waals surface area contributed by atoms with E-state index < -0.39 is 10.9 Å². The molecule has 0 aromatic rings. The summed E-state index contributed by atoms with van der Waals surface area (Å²) in [4.78, 5) is 0. The van der Waals surface area contributed by atoms with Crippen molar-refractivity contribution in [1.29, 1.82) is 0 Å². The zero-order chi connectivity index (χ0) is 6.99. The maximum absolute atomic E-state index is 7.62. The van der Waals surface area contributed by atoms with Gasteiger partial charge in [0.1, 0.15) is 0 Å². The Morgan fingerprint density at radius 2 is 1.12 bits per heavy atom. The van der Waals surface area contributed by atoms with Gasteiger partial charge in [-0.05, 0) is 0 Å². The number of aliphatic hydroxyl groups is 2. The van der Waals surface area contributed by atoms with Crippen molar-refractivity contribution in [2.45, 2.75) is 0 Å². The van der Waals surface area contributed by atoms with Crippen LogP contribution in [0.5, 0.6) is 0 Å². The molecule has 0 heterocycles. The molecule has 0 saturated heterocycles. The first-order chi connectivity index (χ1) is 3.65. The van der Waals surface area contributed by atoms with E-state index in [1.165, 1.54) is 0 Å². The van der Waals surface area contributed by atoms with Gasteiger partial charge in [0.05, 0.1) is 13.2 Å². The van der Waals surface area contributed by atoms with Gasteiger partial charge in [-0.1, -0.05) is 0 Å². The summed E-state index contributed by atoms with van der Waals surface area (Å²) in [7, 11) is 13.4. The second-order valence-corrected chi connectivity index (χ2v) is 5.75. The molecule has 0 radical (unpaired) electrons. The number of hydrogen-bond acceptors (Lipinski definition) is 2. The summed E-state index contributed by atoms with van der Waals surface area (Å²) in [5.41, 5.74) is 0. The summed E-state index contributed by atoms with van der Waals surface area (Å²) >= 11 is 0. The van der Waals surface area contributed by atoms with Gasteiger partial charge in [0.2, 0.25) is 0 Å². The molecule has 0 aromatic carbocycles. The Balaban J connectivity index is 0.